The van der Waals surface area contributed by atoms with Crippen molar-refractivity contribution in [3.05, 3.63) is 54.2 Å². The van der Waals surface area contributed by atoms with Gasteiger partial charge < -0.3 is 10.1 Å². The predicted octanol–water partition coefficient (Wildman–Crippen LogP) is 2.75. The number of hydrogen-bond acceptors (Lipinski definition) is 3. The molecule has 3 rings (SSSR count). The highest BCUT2D eigenvalue weighted by Crippen LogP contribution is 2.21. The molecule has 0 aliphatic rings. The summed E-state index contributed by atoms with van der Waals surface area (Å²) in [6, 6.07) is 13.2. The third kappa shape index (κ3) is 2.86. The zero-order chi connectivity index (χ0) is 14.7. The van der Waals surface area contributed by atoms with Crippen LogP contribution in [-0.2, 0) is 11.2 Å². The summed E-state index contributed by atoms with van der Waals surface area (Å²) in [5.74, 6) is 0.668. The molecular formula is C16H15N3O2. The van der Waals surface area contributed by atoms with Crippen LogP contribution in [0.3, 0.4) is 0 Å². The van der Waals surface area contributed by atoms with E-state index >= 15 is 0 Å². The molecule has 0 aliphatic heterocycles. The highest BCUT2D eigenvalue weighted by Gasteiger charge is 2.08. The number of aromatic nitrogens is 2. The first kappa shape index (κ1) is 13.2. The molecule has 21 heavy (non-hydrogen) atoms. The summed E-state index contributed by atoms with van der Waals surface area (Å²) < 4.78 is 5.16. The maximum Gasteiger partial charge on any atom is 0.228 e. The fraction of sp³-hybridized carbons (Fsp3) is 0.125. The highest BCUT2D eigenvalue weighted by molar-refractivity contribution is 6.00. The van der Waals surface area contributed by atoms with Gasteiger partial charge >= 0.3 is 0 Å². The Hall–Kier alpha value is -2.82. The minimum Gasteiger partial charge on any atom is -0.497 e. The number of amides is 1. The summed E-state index contributed by atoms with van der Waals surface area (Å²) in [6.45, 7) is 0. The number of aromatic amines is 1. The number of para-hydroxylation sites is 1. The van der Waals surface area contributed by atoms with E-state index in [0.717, 1.165) is 27.9 Å². The van der Waals surface area contributed by atoms with Gasteiger partial charge in [-0.3, -0.25) is 9.89 Å². The van der Waals surface area contributed by atoms with E-state index in [1.807, 2.05) is 42.5 Å². The number of benzene rings is 2. The van der Waals surface area contributed by atoms with E-state index in [0.29, 0.717) is 6.42 Å². The Labute approximate surface area is 121 Å². The number of nitrogens with zero attached hydrogens (tertiary/aromatic N) is 1. The molecule has 0 bridgehead atoms. The van der Waals surface area contributed by atoms with Crippen molar-refractivity contribution in [2.45, 2.75) is 6.42 Å². The fourth-order valence-electron chi connectivity index (χ4n) is 2.24. The number of carbonyl (C=O) groups excluding carboxylic acids is 1. The molecule has 0 radical (unpaired) electrons. The molecule has 106 valence electrons. The molecule has 5 nitrogen and oxygen atoms in total. The summed E-state index contributed by atoms with van der Waals surface area (Å²) in [6.07, 6.45) is 2.02. The number of methoxy groups -OCH3 is 1. The van der Waals surface area contributed by atoms with Crippen LogP contribution in [0.4, 0.5) is 5.69 Å². The lowest BCUT2D eigenvalue weighted by molar-refractivity contribution is -0.115. The summed E-state index contributed by atoms with van der Waals surface area (Å²) in [4.78, 5) is 12.2. The van der Waals surface area contributed by atoms with Crippen LogP contribution in [0, 0.1) is 0 Å². The van der Waals surface area contributed by atoms with E-state index in [1.165, 1.54) is 0 Å². The van der Waals surface area contributed by atoms with E-state index in [-0.39, 0.29) is 5.91 Å². The van der Waals surface area contributed by atoms with Gasteiger partial charge in [-0.2, -0.15) is 5.10 Å². The zero-order valence-corrected chi connectivity index (χ0v) is 11.6. The Bertz CT molecular complexity index is 780. The van der Waals surface area contributed by atoms with Crippen LogP contribution in [0.1, 0.15) is 5.56 Å². The second kappa shape index (κ2) is 5.66. The van der Waals surface area contributed by atoms with Gasteiger partial charge in [0.2, 0.25) is 5.91 Å². The molecule has 0 aliphatic carbocycles. The van der Waals surface area contributed by atoms with Crippen molar-refractivity contribution in [3.63, 3.8) is 0 Å². The first-order chi connectivity index (χ1) is 10.3. The summed E-state index contributed by atoms with van der Waals surface area (Å²) >= 11 is 0. The van der Waals surface area contributed by atoms with Gasteiger partial charge in [0.05, 0.1) is 30.9 Å². The van der Waals surface area contributed by atoms with Crippen LogP contribution in [-0.4, -0.2) is 23.2 Å². The van der Waals surface area contributed by atoms with Gasteiger partial charge in [0, 0.05) is 5.39 Å². The minimum atomic E-state index is -0.0784. The number of hydrogen-bond donors (Lipinski definition) is 2. The Morgan fingerprint density at radius 2 is 2.14 bits per heavy atom. The van der Waals surface area contributed by atoms with Crippen molar-refractivity contribution in [1.29, 1.82) is 0 Å². The highest BCUT2D eigenvalue weighted by atomic mass is 16.5. The molecule has 0 saturated carbocycles. The minimum absolute atomic E-state index is 0.0784. The molecule has 1 amide bonds. The van der Waals surface area contributed by atoms with Gasteiger partial charge in [0.1, 0.15) is 5.75 Å². The largest absolute Gasteiger partial charge is 0.497 e. The molecule has 2 aromatic carbocycles. The average molecular weight is 281 g/mol. The number of nitrogens with one attached hydrogen (secondary N) is 2. The zero-order valence-electron chi connectivity index (χ0n) is 11.6. The number of rotatable bonds is 4. The SMILES string of the molecule is COc1cccc(CC(=O)Nc2cccc3cn[nH]c23)c1. The second-order valence-corrected chi connectivity index (χ2v) is 4.72. The van der Waals surface area contributed by atoms with E-state index in [2.05, 4.69) is 15.5 Å². The molecule has 0 spiro atoms. The molecule has 1 heterocycles. The maximum absolute atomic E-state index is 12.2. The van der Waals surface area contributed by atoms with Crippen LogP contribution in [0.2, 0.25) is 0 Å². The smallest absolute Gasteiger partial charge is 0.228 e. The van der Waals surface area contributed by atoms with Gasteiger partial charge in [0.15, 0.2) is 0 Å². The molecule has 3 aromatic rings. The molecular weight excluding hydrogens is 266 g/mol. The normalized spacial score (nSPS) is 10.5. The summed E-state index contributed by atoms with van der Waals surface area (Å²) in [5.41, 5.74) is 2.47. The lowest BCUT2D eigenvalue weighted by Crippen LogP contribution is -2.14. The second-order valence-electron chi connectivity index (χ2n) is 4.72. The Morgan fingerprint density at radius 3 is 3.00 bits per heavy atom. The van der Waals surface area contributed by atoms with Crippen molar-refractivity contribution in [2.24, 2.45) is 0 Å². The molecule has 2 N–H and O–H groups in total. The fourth-order valence-corrected chi connectivity index (χ4v) is 2.24. The summed E-state index contributed by atoms with van der Waals surface area (Å²) in [5, 5.41) is 10.7. The molecule has 0 atom stereocenters. The lowest BCUT2D eigenvalue weighted by atomic mass is 10.1. The monoisotopic (exact) mass is 281 g/mol. The number of carbonyl (C=O) groups is 1. The topological polar surface area (TPSA) is 67.0 Å². The third-order valence-electron chi connectivity index (χ3n) is 3.25. The number of H-pyrrole nitrogens is 1. The summed E-state index contributed by atoms with van der Waals surface area (Å²) in [7, 11) is 1.61. The van der Waals surface area contributed by atoms with Crippen LogP contribution >= 0.6 is 0 Å². The van der Waals surface area contributed by atoms with Crippen LogP contribution in [0.5, 0.6) is 5.75 Å². The molecule has 0 unspecified atom stereocenters. The van der Waals surface area contributed by atoms with Gasteiger partial charge in [-0.25, -0.2) is 0 Å². The third-order valence-corrected chi connectivity index (χ3v) is 3.25. The first-order valence-corrected chi connectivity index (χ1v) is 6.61. The van der Waals surface area contributed by atoms with Crippen molar-refractivity contribution < 1.29 is 9.53 Å². The lowest BCUT2D eigenvalue weighted by Gasteiger charge is -2.07. The van der Waals surface area contributed by atoms with E-state index in [9.17, 15) is 4.79 Å². The van der Waals surface area contributed by atoms with Crippen molar-refractivity contribution in [3.8, 4) is 5.75 Å². The molecule has 0 saturated heterocycles. The Balaban J connectivity index is 1.75. The van der Waals surface area contributed by atoms with Crippen LogP contribution in [0.15, 0.2) is 48.7 Å². The maximum atomic E-state index is 12.2. The average Bonchev–Trinajstić information content (AvgIpc) is 2.97. The van der Waals surface area contributed by atoms with Crippen LogP contribution < -0.4 is 10.1 Å². The Kier molecular flexibility index (Phi) is 3.55. The van der Waals surface area contributed by atoms with Gasteiger partial charge in [-0.15, -0.1) is 0 Å². The number of ether oxygens (including phenoxy) is 1. The predicted molar refractivity (Wildman–Crippen MR) is 81.4 cm³/mol. The number of fused-ring (bicyclic) bond motifs is 1. The first-order valence-electron chi connectivity index (χ1n) is 6.61. The number of anilines is 1. The molecule has 1 aromatic heterocycles. The van der Waals surface area contributed by atoms with Gasteiger partial charge in [-0.05, 0) is 23.8 Å². The van der Waals surface area contributed by atoms with Crippen molar-refractivity contribution in [1.82, 2.24) is 10.2 Å². The Morgan fingerprint density at radius 1 is 1.29 bits per heavy atom. The van der Waals surface area contributed by atoms with Crippen LogP contribution in [0.25, 0.3) is 10.9 Å². The van der Waals surface area contributed by atoms with Gasteiger partial charge in [0.25, 0.3) is 0 Å². The quantitative estimate of drug-likeness (QED) is 0.772. The molecule has 5 heteroatoms. The van der Waals surface area contributed by atoms with Gasteiger partial charge in [-0.1, -0.05) is 24.3 Å². The molecule has 0 fully saturated rings. The van der Waals surface area contributed by atoms with E-state index in [1.54, 1.807) is 13.3 Å². The van der Waals surface area contributed by atoms with Crippen molar-refractivity contribution in [2.75, 3.05) is 12.4 Å². The van der Waals surface area contributed by atoms with E-state index < -0.39 is 0 Å². The van der Waals surface area contributed by atoms with Crippen molar-refractivity contribution >= 4 is 22.5 Å². The van der Waals surface area contributed by atoms with E-state index in [4.69, 9.17) is 4.74 Å². The standard InChI is InChI=1S/C16H15N3O2/c1-21-13-6-2-4-11(8-13)9-15(20)18-14-7-3-5-12-10-17-19-16(12)14/h2-8,10H,9H2,1H3,(H,17,19)(H,18,20).